The molecule has 0 aromatic rings. The van der Waals surface area contributed by atoms with E-state index in [1.165, 1.54) is 69.8 Å². The van der Waals surface area contributed by atoms with Crippen molar-refractivity contribution in [2.45, 2.75) is 70.6 Å². The van der Waals surface area contributed by atoms with Crippen LogP contribution in [0.4, 0.5) is 0 Å². The first-order chi connectivity index (χ1) is 8.43. The van der Waals surface area contributed by atoms with Crippen LogP contribution in [0.15, 0.2) is 23.8 Å². The fraction of sp³-hybridized carbons (Fsp3) is 0.750. The summed E-state index contributed by atoms with van der Waals surface area (Å²) in [4.78, 5) is 0. The van der Waals surface area contributed by atoms with Gasteiger partial charge in [-0.1, -0.05) is 62.3 Å². The van der Waals surface area contributed by atoms with Gasteiger partial charge in [0.25, 0.3) is 0 Å². The van der Waals surface area contributed by atoms with Crippen LogP contribution in [-0.2, 0) is 0 Å². The minimum absolute atomic E-state index is 0.291. The standard InChI is InChI=1S/C16H28O/c17-15-14-16-12-10-8-6-4-2-1-3-5-7-9-11-13-16/h8,10,12,17H,1-7,9,11,13-15H2. The topological polar surface area (TPSA) is 20.2 Å². The van der Waals surface area contributed by atoms with Crippen molar-refractivity contribution in [3.63, 3.8) is 0 Å². The molecule has 0 saturated heterocycles. The van der Waals surface area contributed by atoms with Crippen LogP contribution >= 0.6 is 0 Å². The highest BCUT2D eigenvalue weighted by molar-refractivity contribution is 5.12. The van der Waals surface area contributed by atoms with E-state index in [9.17, 15) is 0 Å². The third kappa shape index (κ3) is 8.20. The third-order valence-electron chi connectivity index (χ3n) is 3.52. The zero-order valence-corrected chi connectivity index (χ0v) is 11.2. The molecule has 98 valence electrons. The summed E-state index contributed by atoms with van der Waals surface area (Å²) in [5, 5.41) is 9.02. The van der Waals surface area contributed by atoms with Crippen LogP contribution in [0.3, 0.4) is 0 Å². The largest absolute Gasteiger partial charge is 0.396 e. The molecule has 17 heavy (non-hydrogen) atoms. The molecule has 1 aliphatic carbocycles. The molecule has 0 atom stereocenters. The lowest BCUT2D eigenvalue weighted by atomic mass is 10.0. The monoisotopic (exact) mass is 236 g/mol. The number of rotatable bonds is 2. The van der Waals surface area contributed by atoms with Gasteiger partial charge in [-0.25, -0.2) is 0 Å². The Morgan fingerprint density at radius 2 is 1.53 bits per heavy atom. The van der Waals surface area contributed by atoms with E-state index in [0.29, 0.717) is 6.61 Å². The second-order valence-electron chi connectivity index (χ2n) is 5.09. The molecule has 0 aliphatic heterocycles. The summed E-state index contributed by atoms with van der Waals surface area (Å²) < 4.78 is 0. The van der Waals surface area contributed by atoms with E-state index >= 15 is 0 Å². The van der Waals surface area contributed by atoms with Crippen molar-refractivity contribution in [2.24, 2.45) is 0 Å². The zero-order valence-electron chi connectivity index (χ0n) is 11.2. The molecule has 0 fully saturated rings. The van der Waals surface area contributed by atoms with Gasteiger partial charge in [-0.3, -0.25) is 0 Å². The molecule has 0 heterocycles. The molecule has 0 spiro atoms. The Kier molecular flexibility index (Phi) is 9.03. The van der Waals surface area contributed by atoms with Crippen molar-refractivity contribution in [3.05, 3.63) is 23.8 Å². The van der Waals surface area contributed by atoms with Gasteiger partial charge >= 0.3 is 0 Å². The Balaban J connectivity index is 2.39. The highest BCUT2D eigenvalue weighted by Crippen LogP contribution is 2.16. The molecule has 1 heteroatoms. The van der Waals surface area contributed by atoms with Gasteiger partial charge in [-0.2, -0.15) is 0 Å². The van der Waals surface area contributed by atoms with Crippen LogP contribution in [-0.4, -0.2) is 11.7 Å². The normalized spacial score (nSPS) is 20.6. The molecule has 0 radical (unpaired) electrons. The molecule has 0 unspecified atom stereocenters. The van der Waals surface area contributed by atoms with Crippen LogP contribution in [0.1, 0.15) is 70.6 Å². The van der Waals surface area contributed by atoms with Crippen molar-refractivity contribution >= 4 is 0 Å². The number of allylic oxidation sites excluding steroid dienone is 3. The lowest BCUT2D eigenvalue weighted by molar-refractivity contribution is 0.297. The van der Waals surface area contributed by atoms with Crippen molar-refractivity contribution in [1.82, 2.24) is 0 Å². The van der Waals surface area contributed by atoms with E-state index in [1.54, 1.807) is 0 Å². The quantitative estimate of drug-likeness (QED) is 0.732. The predicted octanol–water partition coefficient (Wildman–Crippen LogP) is 4.77. The lowest BCUT2D eigenvalue weighted by Gasteiger charge is -2.06. The number of aliphatic hydroxyl groups is 1. The SMILES string of the molecule is OCCC1=CC=CCCCCCCCCCC1. The van der Waals surface area contributed by atoms with Gasteiger partial charge in [-0.15, -0.1) is 0 Å². The van der Waals surface area contributed by atoms with E-state index in [-0.39, 0.29) is 0 Å². The molecule has 1 N–H and O–H groups in total. The molecular weight excluding hydrogens is 208 g/mol. The molecule has 0 amide bonds. The summed E-state index contributed by atoms with van der Waals surface area (Å²) in [6.45, 7) is 0.291. The summed E-state index contributed by atoms with van der Waals surface area (Å²) in [5.41, 5.74) is 1.42. The van der Waals surface area contributed by atoms with E-state index in [0.717, 1.165) is 6.42 Å². The fourth-order valence-corrected chi connectivity index (χ4v) is 2.41. The number of hydrogen-bond acceptors (Lipinski definition) is 1. The smallest absolute Gasteiger partial charge is 0.0468 e. The van der Waals surface area contributed by atoms with Gasteiger partial charge in [0.15, 0.2) is 0 Å². The summed E-state index contributed by atoms with van der Waals surface area (Å²) >= 11 is 0. The van der Waals surface area contributed by atoms with Crippen molar-refractivity contribution in [2.75, 3.05) is 6.61 Å². The minimum Gasteiger partial charge on any atom is -0.396 e. The minimum atomic E-state index is 0.291. The van der Waals surface area contributed by atoms with Crippen molar-refractivity contribution in [3.8, 4) is 0 Å². The van der Waals surface area contributed by atoms with Gasteiger partial charge < -0.3 is 5.11 Å². The Morgan fingerprint density at radius 1 is 0.882 bits per heavy atom. The van der Waals surface area contributed by atoms with Crippen LogP contribution in [0, 0.1) is 0 Å². The summed E-state index contributed by atoms with van der Waals surface area (Å²) in [7, 11) is 0. The Morgan fingerprint density at radius 3 is 2.24 bits per heavy atom. The number of hydrogen-bond donors (Lipinski definition) is 1. The molecule has 0 saturated carbocycles. The van der Waals surface area contributed by atoms with Crippen LogP contribution in [0.5, 0.6) is 0 Å². The maximum atomic E-state index is 9.02. The van der Waals surface area contributed by atoms with Gasteiger partial charge in [0, 0.05) is 6.61 Å². The van der Waals surface area contributed by atoms with Crippen molar-refractivity contribution in [1.29, 1.82) is 0 Å². The second kappa shape index (κ2) is 10.6. The third-order valence-corrected chi connectivity index (χ3v) is 3.52. The molecule has 0 aromatic heterocycles. The van der Waals surface area contributed by atoms with E-state index in [4.69, 9.17) is 5.11 Å². The maximum absolute atomic E-state index is 9.02. The Bertz CT molecular complexity index is 228. The predicted molar refractivity (Wildman–Crippen MR) is 75.1 cm³/mol. The average Bonchev–Trinajstić information content (AvgIpc) is 2.34. The zero-order chi connectivity index (χ0) is 12.2. The van der Waals surface area contributed by atoms with Crippen LogP contribution in [0.25, 0.3) is 0 Å². The van der Waals surface area contributed by atoms with Gasteiger partial charge in [0.1, 0.15) is 0 Å². The molecule has 0 aromatic carbocycles. The highest BCUT2D eigenvalue weighted by Gasteiger charge is 1.98. The first kappa shape index (κ1) is 14.5. The van der Waals surface area contributed by atoms with Gasteiger partial charge in [0.2, 0.25) is 0 Å². The van der Waals surface area contributed by atoms with Crippen LogP contribution in [0.2, 0.25) is 0 Å². The van der Waals surface area contributed by atoms with E-state index in [2.05, 4.69) is 18.2 Å². The summed E-state index contributed by atoms with van der Waals surface area (Å²) in [6, 6.07) is 0. The molecular formula is C16H28O. The highest BCUT2D eigenvalue weighted by atomic mass is 16.2. The lowest BCUT2D eigenvalue weighted by Crippen LogP contribution is -1.90. The maximum Gasteiger partial charge on any atom is 0.0468 e. The molecule has 0 bridgehead atoms. The Hall–Kier alpha value is -0.560. The summed E-state index contributed by atoms with van der Waals surface area (Å²) in [5.74, 6) is 0. The summed E-state index contributed by atoms with van der Waals surface area (Å²) in [6.07, 6.45) is 20.9. The van der Waals surface area contributed by atoms with Crippen molar-refractivity contribution < 1.29 is 5.11 Å². The Labute approximate surface area is 107 Å². The van der Waals surface area contributed by atoms with Gasteiger partial charge in [0.05, 0.1) is 0 Å². The molecule has 1 nitrogen and oxygen atoms in total. The molecule has 1 rings (SSSR count). The number of aliphatic hydroxyl groups excluding tert-OH is 1. The fourth-order valence-electron chi connectivity index (χ4n) is 2.41. The first-order valence-electron chi connectivity index (χ1n) is 7.39. The molecule has 1 aliphatic rings. The van der Waals surface area contributed by atoms with Crippen LogP contribution < -0.4 is 0 Å². The van der Waals surface area contributed by atoms with E-state index < -0.39 is 0 Å². The second-order valence-corrected chi connectivity index (χ2v) is 5.09. The first-order valence-corrected chi connectivity index (χ1v) is 7.39. The average molecular weight is 236 g/mol. The van der Waals surface area contributed by atoms with Gasteiger partial charge in [-0.05, 0) is 32.1 Å². The van der Waals surface area contributed by atoms with E-state index in [1.807, 2.05) is 0 Å².